The number of piperidine rings is 1. The Hall–Kier alpha value is -0.0800. The van der Waals surface area contributed by atoms with E-state index in [1.807, 2.05) is 0 Å². The summed E-state index contributed by atoms with van der Waals surface area (Å²) in [6.07, 6.45) is 6.95. The van der Waals surface area contributed by atoms with E-state index in [1.165, 1.54) is 58.3 Å². The maximum atomic E-state index is 3.53. The van der Waals surface area contributed by atoms with Crippen molar-refractivity contribution in [2.45, 2.75) is 52.0 Å². The molecule has 0 aliphatic carbocycles. The summed E-state index contributed by atoms with van der Waals surface area (Å²) < 4.78 is 0. The smallest absolute Gasteiger partial charge is 0.0221 e. The first-order valence-corrected chi connectivity index (χ1v) is 6.62. The highest BCUT2D eigenvalue weighted by Gasteiger charge is 2.27. The maximum Gasteiger partial charge on any atom is 0.0221 e. The Balaban J connectivity index is 1.87. The minimum atomic E-state index is 0.580. The lowest BCUT2D eigenvalue weighted by Gasteiger charge is -2.34. The quantitative estimate of drug-likeness (QED) is 0.714. The number of hydrogen-bond acceptors (Lipinski definition) is 2. The van der Waals surface area contributed by atoms with E-state index in [-0.39, 0.29) is 0 Å². The largest absolute Gasteiger partial charge is 0.315 e. The number of nitrogens with one attached hydrogen (secondary N) is 1. The van der Waals surface area contributed by atoms with Crippen molar-refractivity contribution >= 4 is 0 Å². The van der Waals surface area contributed by atoms with Crippen LogP contribution in [0.15, 0.2) is 0 Å². The minimum Gasteiger partial charge on any atom is -0.315 e. The fourth-order valence-electron chi connectivity index (χ4n) is 2.95. The van der Waals surface area contributed by atoms with Crippen molar-refractivity contribution in [1.29, 1.82) is 0 Å². The van der Waals surface area contributed by atoms with Crippen LogP contribution in [0.3, 0.4) is 0 Å². The summed E-state index contributed by atoms with van der Waals surface area (Å²) in [7, 11) is 0. The Kier molecular flexibility index (Phi) is 3.68. The van der Waals surface area contributed by atoms with Gasteiger partial charge in [-0.2, -0.15) is 0 Å². The second kappa shape index (κ2) is 4.84. The van der Waals surface area contributed by atoms with Crippen LogP contribution in [0.1, 0.15) is 46.0 Å². The SMILES string of the molecule is CC1(C)CCCN(C2CCCNC2)CC1. The zero-order valence-corrected chi connectivity index (χ0v) is 10.4. The molecule has 1 unspecified atom stereocenters. The Bertz CT molecular complexity index is 195. The molecule has 2 rings (SSSR count). The van der Waals surface area contributed by atoms with Crippen molar-refractivity contribution in [2.24, 2.45) is 5.41 Å². The molecule has 1 atom stereocenters. The first kappa shape index (κ1) is 11.4. The van der Waals surface area contributed by atoms with E-state index in [0.29, 0.717) is 5.41 Å². The minimum absolute atomic E-state index is 0.580. The van der Waals surface area contributed by atoms with Crippen molar-refractivity contribution in [1.82, 2.24) is 10.2 Å². The summed E-state index contributed by atoms with van der Waals surface area (Å²) >= 11 is 0. The van der Waals surface area contributed by atoms with Gasteiger partial charge in [0, 0.05) is 12.6 Å². The molecular weight excluding hydrogens is 184 g/mol. The van der Waals surface area contributed by atoms with Crippen molar-refractivity contribution in [2.75, 3.05) is 26.2 Å². The number of likely N-dealkylation sites (tertiary alicyclic amines) is 1. The van der Waals surface area contributed by atoms with Gasteiger partial charge in [-0.05, 0) is 57.2 Å². The van der Waals surface area contributed by atoms with Crippen LogP contribution in [0.4, 0.5) is 0 Å². The third-order valence-corrected chi connectivity index (χ3v) is 4.16. The van der Waals surface area contributed by atoms with Crippen LogP contribution in [0.25, 0.3) is 0 Å². The predicted molar refractivity (Wildman–Crippen MR) is 65.1 cm³/mol. The van der Waals surface area contributed by atoms with Gasteiger partial charge in [-0.15, -0.1) is 0 Å². The summed E-state index contributed by atoms with van der Waals surface area (Å²) in [5.41, 5.74) is 0.580. The third-order valence-electron chi connectivity index (χ3n) is 4.16. The molecule has 2 fully saturated rings. The zero-order valence-electron chi connectivity index (χ0n) is 10.4. The van der Waals surface area contributed by atoms with Crippen LogP contribution in [0.5, 0.6) is 0 Å². The molecule has 1 N–H and O–H groups in total. The molecule has 2 saturated heterocycles. The molecule has 2 nitrogen and oxygen atoms in total. The second-order valence-corrected chi connectivity index (χ2v) is 6.05. The van der Waals surface area contributed by atoms with Crippen LogP contribution in [-0.4, -0.2) is 37.1 Å². The highest BCUT2D eigenvalue weighted by Crippen LogP contribution is 2.30. The average Bonchev–Trinajstić information content (AvgIpc) is 2.41. The monoisotopic (exact) mass is 210 g/mol. The topological polar surface area (TPSA) is 15.3 Å². The third kappa shape index (κ3) is 3.18. The van der Waals surface area contributed by atoms with Gasteiger partial charge in [0.1, 0.15) is 0 Å². The van der Waals surface area contributed by atoms with E-state index in [9.17, 15) is 0 Å². The average molecular weight is 210 g/mol. The van der Waals surface area contributed by atoms with Crippen molar-refractivity contribution in [3.05, 3.63) is 0 Å². The number of rotatable bonds is 1. The fourth-order valence-corrected chi connectivity index (χ4v) is 2.95. The molecule has 2 heteroatoms. The van der Waals surface area contributed by atoms with E-state index >= 15 is 0 Å². The Morgan fingerprint density at radius 2 is 2.00 bits per heavy atom. The molecule has 2 aliphatic heterocycles. The van der Waals surface area contributed by atoms with Crippen LogP contribution in [0.2, 0.25) is 0 Å². The van der Waals surface area contributed by atoms with E-state index in [0.717, 1.165) is 6.04 Å². The lowest BCUT2D eigenvalue weighted by molar-refractivity contribution is 0.165. The van der Waals surface area contributed by atoms with E-state index < -0.39 is 0 Å². The molecule has 0 bridgehead atoms. The molecule has 2 heterocycles. The Morgan fingerprint density at radius 1 is 1.13 bits per heavy atom. The lowest BCUT2D eigenvalue weighted by atomic mass is 9.85. The highest BCUT2D eigenvalue weighted by molar-refractivity contribution is 4.83. The summed E-state index contributed by atoms with van der Waals surface area (Å²) in [6.45, 7) is 9.95. The van der Waals surface area contributed by atoms with Gasteiger partial charge in [0.2, 0.25) is 0 Å². The van der Waals surface area contributed by atoms with Gasteiger partial charge in [-0.1, -0.05) is 13.8 Å². The van der Waals surface area contributed by atoms with Gasteiger partial charge >= 0.3 is 0 Å². The number of hydrogen-bond donors (Lipinski definition) is 1. The molecule has 88 valence electrons. The Morgan fingerprint density at radius 3 is 2.73 bits per heavy atom. The summed E-state index contributed by atoms with van der Waals surface area (Å²) in [5.74, 6) is 0. The van der Waals surface area contributed by atoms with Gasteiger partial charge in [0.05, 0.1) is 0 Å². The predicted octanol–water partition coefficient (Wildman–Crippen LogP) is 2.25. The summed E-state index contributed by atoms with van der Waals surface area (Å²) in [4.78, 5) is 2.74. The van der Waals surface area contributed by atoms with Gasteiger partial charge in [0.25, 0.3) is 0 Å². The van der Waals surface area contributed by atoms with E-state index in [1.54, 1.807) is 0 Å². The van der Waals surface area contributed by atoms with E-state index in [4.69, 9.17) is 0 Å². The first-order chi connectivity index (χ1) is 7.17. The van der Waals surface area contributed by atoms with Crippen LogP contribution >= 0.6 is 0 Å². The molecule has 0 aromatic rings. The molecule has 15 heavy (non-hydrogen) atoms. The van der Waals surface area contributed by atoms with Crippen molar-refractivity contribution in [3.8, 4) is 0 Å². The van der Waals surface area contributed by atoms with Crippen molar-refractivity contribution < 1.29 is 0 Å². The van der Waals surface area contributed by atoms with Crippen molar-refractivity contribution in [3.63, 3.8) is 0 Å². The molecule has 0 aromatic heterocycles. The molecule has 0 spiro atoms. The first-order valence-electron chi connectivity index (χ1n) is 6.62. The van der Waals surface area contributed by atoms with Crippen LogP contribution in [-0.2, 0) is 0 Å². The maximum absolute atomic E-state index is 3.53. The molecule has 2 aliphatic rings. The summed E-state index contributed by atoms with van der Waals surface area (Å²) in [5, 5.41) is 3.53. The van der Waals surface area contributed by atoms with Gasteiger partial charge < -0.3 is 5.32 Å². The lowest BCUT2D eigenvalue weighted by Crippen LogP contribution is -2.46. The molecular formula is C13H26N2. The van der Waals surface area contributed by atoms with Gasteiger partial charge in [-0.3, -0.25) is 4.90 Å². The standard InChI is InChI=1S/C13H26N2/c1-13(2)6-4-9-15(10-7-13)12-5-3-8-14-11-12/h12,14H,3-11H2,1-2H3. The van der Waals surface area contributed by atoms with Crippen LogP contribution in [0, 0.1) is 5.41 Å². The van der Waals surface area contributed by atoms with E-state index in [2.05, 4.69) is 24.1 Å². The second-order valence-electron chi connectivity index (χ2n) is 6.05. The molecule has 0 aromatic carbocycles. The normalized spacial score (nSPS) is 33.6. The van der Waals surface area contributed by atoms with Gasteiger partial charge in [0.15, 0.2) is 0 Å². The number of nitrogens with zero attached hydrogens (tertiary/aromatic N) is 1. The van der Waals surface area contributed by atoms with Gasteiger partial charge in [-0.25, -0.2) is 0 Å². The molecule has 0 radical (unpaired) electrons. The molecule has 0 saturated carbocycles. The highest BCUT2D eigenvalue weighted by atomic mass is 15.2. The Labute approximate surface area is 94.4 Å². The summed E-state index contributed by atoms with van der Waals surface area (Å²) in [6, 6.07) is 0.827. The zero-order chi connectivity index (χ0) is 10.7. The van der Waals surface area contributed by atoms with Crippen LogP contribution < -0.4 is 5.32 Å². The fraction of sp³-hybridized carbons (Fsp3) is 1.00. The molecule has 0 amide bonds.